The first-order chi connectivity index (χ1) is 10.6. The maximum absolute atomic E-state index is 12.7. The van der Waals surface area contributed by atoms with Crippen LogP contribution >= 0.6 is 0 Å². The Labute approximate surface area is 129 Å². The molecule has 1 aliphatic heterocycles. The fourth-order valence-electron chi connectivity index (χ4n) is 2.65. The van der Waals surface area contributed by atoms with Gasteiger partial charge in [0.2, 0.25) is 0 Å². The highest BCUT2D eigenvalue weighted by Crippen LogP contribution is 2.23. The van der Waals surface area contributed by atoms with E-state index in [-0.39, 0.29) is 25.0 Å². The zero-order valence-electron chi connectivity index (χ0n) is 12.5. The Morgan fingerprint density at radius 3 is 2.82 bits per heavy atom. The van der Waals surface area contributed by atoms with Crippen LogP contribution in [0.25, 0.3) is 0 Å². The van der Waals surface area contributed by atoms with Crippen molar-refractivity contribution in [2.75, 3.05) is 26.3 Å². The highest BCUT2D eigenvalue weighted by atomic mass is 16.5. The number of primary amides is 1. The third kappa shape index (κ3) is 4.21. The third-order valence-corrected chi connectivity index (χ3v) is 3.80. The van der Waals surface area contributed by atoms with Gasteiger partial charge in [0.05, 0.1) is 5.56 Å². The molecule has 1 saturated heterocycles. The Morgan fingerprint density at radius 1 is 1.32 bits per heavy atom. The maximum Gasteiger partial charge on any atom is 0.257 e. The number of amides is 2. The Bertz CT molecular complexity index is 533. The highest BCUT2D eigenvalue weighted by Gasteiger charge is 2.24. The average molecular weight is 306 g/mol. The topological polar surface area (TPSA) is 92.9 Å². The van der Waals surface area contributed by atoms with Crippen LogP contribution in [0.1, 0.15) is 29.6 Å². The van der Waals surface area contributed by atoms with E-state index in [1.807, 2.05) is 0 Å². The summed E-state index contributed by atoms with van der Waals surface area (Å²) < 4.78 is 5.32. The van der Waals surface area contributed by atoms with E-state index < -0.39 is 5.91 Å². The number of hydrogen-bond acceptors (Lipinski definition) is 4. The molecule has 1 unspecified atom stereocenters. The van der Waals surface area contributed by atoms with Crippen LogP contribution in [0.15, 0.2) is 24.3 Å². The smallest absolute Gasteiger partial charge is 0.257 e. The maximum atomic E-state index is 12.7. The monoisotopic (exact) mass is 306 g/mol. The predicted octanol–water partition coefficient (Wildman–Crippen LogP) is 0.785. The summed E-state index contributed by atoms with van der Waals surface area (Å²) in [5.41, 5.74) is 5.50. The average Bonchev–Trinajstić information content (AvgIpc) is 2.78. The summed E-state index contributed by atoms with van der Waals surface area (Å²) in [5.74, 6) is -0.251. The second-order valence-corrected chi connectivity index (χ2v) is 5.55. The van der Waals surface area contributed by atoms with E-state index in [0.29, 0.717) is 24.4 Å². The van der Waals surface area contributed by atoms with Gasteiger partial charge in [-0.2, -0.15) is 0 Å². The molecule has 1 aromatic rings. The first-order valence-corrected chi connectivity index (χ1v) is 7.52. The van der Waals surface area contributed by atoms with Crippen molar-refractivity contribution in [3.63, 3.8) is 0 Å². The molecule has 1 aromatic carbocycles. The van der Waals surface area contributed by atoms with Gasteiger partial charge in [0, 0.05) is 19.7 Å². The molecule has 0 aliphatic carbocycles. The molecule has 22 heavy (non-hydrogen) atoms. The van der Waals surface area contributed by atoms with E-state index in [4.69, 9.17) is 10.5 Å². The molecule has 0 saturated carbocycles. The summed E-state index contributed by atoms with van der Waals surface area (Å²) in [7, 11) is 0. The molecule has 6 nitrogen and oxygen atoms in total. The van der Waals surface area contributed by atoms with Crippen molar-refractivity contribution in [1.29, 1.82) is 0 Å². The number of hydrogen-bond donors (Lipinski definition) is 2. The van der Waals surface area contributed by atoms with Crippen LogP contribution in [-0.4, -0.2) is 48.1 Å². The Balaban J connectivity index is 2.15. The number of rotatable bonds is 5. The van der Waals surface area contributed by atoms with Crippen molar-refractivity contribution in [1.82, 2.24) is 4.90 Å². The number of para-hydroxylation sites is 1. The lowest BCUT2D eigenvalue weighted by atomic mass is 10.0. The quantitative estimate of drug-likeness (QED) is 0.841. The second kappa shape index (κ2) is 7.79. The molecule has 6 heteroatoms. The highest BCUT2D eigenvalue weighted by molar-refractivity contribution is 5.97. The van der Waals surface area contributed by atoms with Crippen molar-refractivity contribution in [3.05, 3.63) is 29.8 Å². The summed E-state index contributed by atoms with van der Waals surface area (Å²) in [4.78, 5) is 25.3. The summed E-state index contributed by atoms with van der Waals surface area (Å²) in [5, 5.41) is 9.37. The van der Waals surface area contributed by atoms with E-state index in [9.17, 15) is 14.7 Å². The van der Waals surface area contributed by atoms with E-state index in [1.54, 1.807) is 29.2 Å². The lowest BCUT2D eigenvalue weighted by Crippen LogP contribution is -2.35. The second-order valence-electron chi connectivity index (χ2n) is 5.55. The van der Waals surface area contributed by atoms with E-state index in [2.05, 4.69) is 0 Å². The first kappa shape index (κ1) is 16.3. The molecule has 0 bridgehead atoms. The van der Waals surface area contributed by atoms with Crippen LogP contribution < -0.4 is 10.5 Å². The van der Waals surface area contributed by atoms with Gasteiger partial charge in [0.25, 0.3) is 11.8 Å². The number of aliphatic hydroxyl groups is 1. The van der Waals surface area contributed by atoms with Crippen LogP contribution in [0.5, 0.6) is 5.75 Å². The summed E-state index contributed by atoms with van der Waals surface area (Å²) in [6, 6.07) is 6.83. The molecule has 2 rings (SSSR count). The van der Waals surface area contributed by atoms with Crippen LogP contribution in [0.3, 0.4) is 0 Å². The molecular formula is C16H22N2O4. The predicted molar refractivity (Wildman–Crippen MR) is 81.5 cm³/mol. The molecule has 3 N–H and O–H groups in total. The van der Waals surface area contributed by atoms with Gasteiger partial charge in [-0.3, -0.25) is 9.59 Å². The van der Waals surface area contributed by atoms with Crippen LogP contribution in [0.4, 0.5) is 0 Å². The molecule has 0 radical (unpaired) electrons. The lowest BCUT2D eigenvalue weighted by Gasteiger charge is -2.24. The lowest BCUT2D eigenvalue weighted by molar-refractivity contribution is -0.119. The van der Waals surface area contributed by atoms with Gasteiger partial charge in [-0.15, -0.1) is 0 Å². The largest absolute Gasteiger partial charge is 0.483 e. The Morgan fingerprint density at radius 2 is 2.09 bits per heavy atom. The molecule has 1 atom stereocenters. The molecule has 120 valence electrons. The van der Waals surface area contributed by atoms with E-state index in [1.165, 1.54) is 0 Å². The number of likely N-dealkylation sites (tertiary alicyclic amines) is 1. The van der Waals surface area contributed by atoms with Gasteiger partial charge in [-0.05, 0) is 30.9 Å². The minimum Gasteiger partial charge on any atom is -0.483 e. The van der Waals surface area contributed by atoms with Crippen molar-refractivity contribution in [2.45, 2.75) is 19.3 Å². The fraction of sp³-hybridized carbons (Fsp3) is 0.500. The number of nitrogens with zero attached hydrogens (tertiary/aromatic N) is 1. The molecule has 1 aliphatic rings. The molecular weight excluding hydrogens is 284 g/mol. The van der Waals surface area contributed by atoms with Crippen LogP contribution in [0, 0.1) is 5.92 Å². The van der Waals surface area contributed by atoms with E-state index in [0.717, 1.165) is 19.3 Å². The molecule has 1 heterocycles. The Kier molecular flexibility index (Phi) is 5.77. The van der Waals surface area contributed by atoms with Crippen LogP contribution in [-0.2, 0) is 4.79 Å². The first-order valence-electron chi connectivity index (χ1n) is 7.52. The number of carbonyl (C=O) groups excluding carboxylic acids is 2. The number of nitrogens with two attached hydrogens (primary N) is 1. The van der Waals surface area contributed by atoms with Crippen LogP contribution in [0.2, 0.25) is 0 Å². The number of aliphatic hydroxyl groups excluding tert-OH is 1. The normalized spacial score (nSPS) is 18.6. The number of carbonyl (C=O) groups is 2. The zero-order chi connectivity index (χ0) is 15.9. The van der Waals surface area contributed by atoms with Gasteiger partial charge in [0.15, 0.2) is 6.61 Å². The van der Waals surface area contributed by atoms with Gasteiger partial charge in [-0.1, -0.05) is 18.6 Å². The van der Waals surface area contributed by atoms with Gasteiger partial charge in [0.1, 0.15) is 5.75 Å². The summed E-state index contributed by atoms with van der Waals surface area (Å²) in [6.07, 6.45) is 2.86. The van der Waals surface area contributed by atoms with E-state index >= 15 is 0 Å². The standard InChI is InChI=1S/C16H22N2O4/c17-15(20)11-22-14-7-2-1-6-13(14)16(21)18-8-4-3-5-12(9-18)10-19/h1-2,6-7,12,19H,3-5,8-11H2,(H2,17,20). The molecule has 1 fully saturated rings. The van der Waals surface area contributed by atoms with Crippen molar-refractivity contribution in [3.8, 4) is 5.75 Å². The zero-order valence-corrected chi connectivity index (χ0v) is 12.5. The minimum absolute atomic E-state index is 0.0869. The van der Waals surface area contributed by atoms with Crippen molar-refractivity contribution >= 4 is 11.8 Å². The van der Waals surface area contributed by atoms with Gasteiger partial charge >= 0.3 is 0 Å². The third-order valence-electron chi connectivity index (χ3n) is 3.80. The van der Waals surface area contributed by atoms with Gasteiger partial charge < -0.3 is 20.5 Å². The number of benzene rings is 1. The Hall–Kier alpha value is -2.08. The molecule has 0 aromatic heterocycles. The number of ether oxygens (including phenoxy) is 1. The molecule has 0 spiro atoms. The minimum atomic E-state index is -0.586. The summed E-state index contributed by atoms with van der Waals surface area (Å²) in [6.45, 7) is 1.03. The van der Waals surface area contributed by atoms with Crippen molar-refractivity contribution in [2.24, 2.45) is 11.7 Å². The SMILES string of the molecule is NC(=O)COc1ccccc1C(=O)N1CCCCC(CO)C1. The van der Waals surface area contributed by atoms with Gasteiger partial charge in [-0.25, -0.2) is 0 Å². The summed E-state index contributed by atoms with van der Waals surface area (Å²) >= 11 is 0. The fourth-order valence-corrected chi connectivity index (χ4v) is 2.65. The van der Waals surface area contributed by atoms with Crippen molar-refractivity contribution < 1.29 is 19.4 Å². The molecule has 2 amide bonds.